The van der Waals surface area contributed by atoms with E-state index in [1.54, 1.807) is 0 Å². The lowest BCUT2D eigenvalue weighted by Crippen LogP contribution is -1.98. The SMILES string of the molecule is c1ccc(-c2cccc(-c3ccccc3Nc3ccccc3-c3nccc4oc5ccccc5c34)n2)cc1. The summed E-state index contributed by atoms with van der Waals surface area (Å²) in [6.45, 7) is 0. The number of benzene rings is 4. The van der Waals surface area contributed by atoms with Gasteiger partial charge in [-0.15, -0.1) is 0 Å². The van der Waals surface area contributed by atoms with Gasteiger partial charge in [-0.1, -0.05) is 91.0 Å². The Morgan fingerprint density at radius 1 is 0.526 bits per heavy atom. The predicted octanol–water partition coefficient (Wildman–Crippen LogP) is 9.12. The van der Waals surface area contributed by atoms with Crippen LogP contribution in [-0.4, -0.2) is 9.97 Å². The van der Waals surface area contributed by atoms with E-state index in [1.165, 1.54) is 0 Å². The van der Waals surface area contributed by atoms with Crippen molar-refractivity contribution in [2.45, 2.75) is 0 Å². The molecule has 0 aliphatic rings. The maximum Gasteiger partial charge on any atom is 0.139 e. The highest BCUT2D eigenvalue weighted by atomic mass is 16.3. The quantitative estimate of drug-likeness (QED) is 0.262. The summed E-state index contributed by atoms with van der Waals surface area (Å²) < 4.78 is 6.13. The zero-order valence-corrected chi connectivity index (χ0v) is 20.5. The highest BCUT2D eigenvalue weighted by molar-refractivity contribution is 6.12. The first-order valence-corrected chi connectivity index (χ1v) is 12.6. The Bertz CT molecular complexity index is 1910. The second-order valence-corrected chi connectivity index (χ2v) is 9.12. The summed E-state index contributed by atoms with van der Waals surface area (Å²) in [5, 5.41) is 5.77. The van der Waals surface area contributed by atoms with Crippen molar-refractivity contribution in [2.24, 2.45) is 0 Å². The Labute approximate surface area is 220 Å². The van der Waals surface area contributed by atoms with Gasteiger partial charge in [-0.25, -0.2) is 4.98 Å². The van der Waals surface area contributed by atoms with Gasteiger partial charge >= 0.3 is 0 Å². The molecule has 0 radical (unpaired) electrons. The Morgan fingerprint density at radius 2 is 1.21 bits per heavy atom. The van der Waals surface area contributed by atoms with Crippen molar-refractivity contribution < 1.29 is 4.42 Å². The Kier molecular flexibility index (Phi) is 5.41. The molecule has 0 saturated heterocycles. The van der Waals surface area contributed by atoms with E-state index in [-0.39, 0.29) is 0 Å². The van der Waals surface area contributed by atoms with Crippen LogP contribution >= 0.6 is 0 Å². The van der Waals surface area contributed by atoms with Gasteiger partial charge in [0.15, 0.2) is 0 Å². The minimum absolute atomic E-state index is 0.827. The molecule has 4 aromatic carbocycles. The van der Waals surface area contributed by atoms with Crippen molar-refractivity contribution in [3.05, 3.63) is 134 Å². The molecule has 0 saturated carbocycles. The molecule has 3 heterocycles. The number of fused-ring (bicyclic) bond motifs is 3. The van der Waals surface area contributed by atoms with Gasteiger partial charge in [0.2, 0.25) is 0 Å². The lowest BCUT2D eigenvalue weighted by Gasteiger charge is -2.16. The molecule has 0 fully saturated rings. The molecule has 0 atom stereocenters. The molecule has 1 N–H and O–H groups in total. The first-order valence-electron chi connectivity index (χ1n) is 12.6. The highest BCUT2D eigenvalue weighted by Crippen LogP contribution is 2.39. The topological polar surface area (TPSA) is 51.0 Å². The van der Waals surface area contributed by atoms with Gasteiger partial charge in [0.05, 0.1) is 22.5 Å². The Balaban J connectivity index is 1.33. The van der Waals surface area contributed by atoms with E-state index in [4.69, 9.17) is 14.4 Å². The second-order valence-electron chi connectivity index (χ2n) is 9.12. The molecule has 4 heteroatoms. The number of pyridine rings is 2. The number of aromatic nitrogens is 2. The number of nitrogens with one attached hydrogen (secondary N) is 1. The van der Waals surface area contributed by atoms with E-state index in [1.807, 2.05) is 79.0 Å². The summed E-state index contributed by atoms with van der Waals surface area (Å²) in [4.78, 5) is 9.81. The van der Waals surface area contributed by atoms with Gasteiger partial charge in [0.25, 0.3) is 0 Å². The maximum absolute atomic E-state index is 6.13. The molecule has 3 aromatic heterocycles. The third-order valence-corrected chi connectivity index (χ3v) is 6.76. The molecule has 180 valence electrons. The van der Waals surface area contributed by atoms with Gasteiger partial charge in [-0.05, 0) is 36.4 Å². The van der Waals surface area contributed by atoms with E-state index in [9.17, 15) is 0 Å². The molecule has 0 spiro atoms. The number of rotatable bonds is 5. The summed E-state index contributed by atoms with van der Waals surface area (Å²) in [7, 11) is 0. The van der Waals surface area contributed by atoms with Crippen LogP contribution in [0.3, 0.4) is 0 Å². The van der Waals surface area contributed by atoms with Crippen LogP contribution in [0.1, 0.15) is 0 Å². The first-order chi connectivity index (χ1) is 18.8. The normalized spacial score (nSPS) is 11.2. The third kappa shape index (κ3) is 3.89. The van der Waals surface area contributed by atoms with Crippen molar-refractivity contribution in [2.75, 3.05) is 5.32 Å². The van der Waals surface area contributed by atoms with Crippen molar-refractivity contribution in [3.8, 4) is 33.8 Å². The average molecular weight is 490 g/mol. The van der Waals surface area contributed by atoms with E-state index in [0.29, 0.717) is 0 Å². The van der Waals surface area contributed by atoms with Crippen LogP contribution in [-0.2, 0) is 0 Å². The Hall–Kier alpha value is -5.22. The number of hydrogen-bond donors (Lipinski definition) is 1. The van der Waals surface area contributed by atoms with E-state index in [2.05, 4.69) is 59.9 Å². The molecule has 38 heavy (non-hydrogen) atoms. The molecule has 7 rings (SSSR count). The van der Waals surface area contributed by atoms with Gasteiger partial charge < -0.3 is 9.73 Å². The molecule has 0 bridgehead atoms. The van der Waals surface area contributed by atoms with E-state index < -0.39 is 0 Å². The lowest BCUT2D eigenvalue weighted by atomic mass is 10.0. The molecule has 0 amide bonds. The fraction of sp³-hybridized carbons (Fsp3) is 0. The third-order valence-electron chi connectivity index (χ3n) is 6.76. The lowest BCUT2D eigenvalue weighted by molar-refractivity contribution is 0.668. The smallest absolute Gasteiger partial charge is 0.139 e. The summed E-state index contributed by atoms with van der Waals surface area (Å²) >= 11 is 0. The van der Waals surface area contributed by atoms with Crippen LogP contribution in [0.4, 0.5) is 11.4 Å². The number of para-hydroxylation sites is 3. The fourth-order valence-electron chi connectivity index (χ4n) is 4.99. The monoisotopic (exact) mass is 489 g/mol. The molecular formula is C34H23N3O. The van der Waals surface area contributed by atoms with Crippen LogP contribution in [0.25, 0.3) is 55.7 Å². The van der Waals surface area contributed by atoms with E-state index >= 15 is 0 Å². The first kappa shape index (κ1) is 22.0. The van der Waals surface area contributed by atoms with Gasteiger partial charge in [0.1, 0.15) is 11.2 Å². The summed E-state index contributed by atoms with van der Waals surface area (Å²) in [6.07, 6.45) is 1.81. The van der Waals surface area contributed by atoms with Crippen molar-refractivity contribution >= 4 is 33.3 Å². The summed E-state index contributed by atoms with van der Waals surface area (Å²) in [5.41, 5.74) is 9.49. The number of anilines is 2. The highest BCUT2D eigenvalue weighted by Gasteiger charge is 2.17. The average Bonchev–Trinajstić information content (AvgIpc) is 3.37. The zero-order chi connectivity index (χ0) is 25.3. The Morgan fingerprint density at radius 3 is 2.08 bits per heavy atom. The van der Waals surface area contributed by atoms with Crippen molar-refractivity contribution in [3.63, 3.8) is 0 Å². The second kappa shape index (κ2) is 9.34. The summed E-state index contributed by atoms with van der Waals surface area (Å²) in [6, 6.07) is 43.0. The van der Waals surface area contributed by atoms with Crippen LogP contribution in [0.5, 0.6) is 0 Å². The van der Waals surface area contributed by atoms with Crippen LogP contribution in [0.15, 0.2) is 138 Å². The number of hydrogen-bond acceptors (Lipinski definition) is 4. The van der Waals surface area contributed by atoms with E-state index in [0.717, 1.165) is 67.1 Å². The van der Waals surface area contributed by atoms with Crippen LogP contribution in [0.2, 0.25) is 0 Å². The number of furan rings is 1. The largest absolute Gasteiger partial charge is 0.456 e. The molecular weight excluding hydrogens is 466 g/mol. The number of nitrogens with zero attached hydrogens (tertiary/aromatic N) is 2. The van der Waals surface area contributed by atoms with Crippen LogP contribution < -0.4 is 5.32 Å². The van der Waals surface area contributed by atoms with Gasteiger partial charge in [-0.2, -0.15) is 0 Å². The maximum atomic E-state index is 6.13. The van der Waals surface area contributed by atoms with Crippen molar-refractivity contribution in [1.29, 1.82) is 0 Å². The fourth-order valence-corrected chi connectivity index (χ4v) is 4.99. The summed E-state index contributed by atoms with van der Waals surface area (Å²) in [5.74, 6) is 0. The predicted molar refractivity (Wildman–Crippen MR) is 155 cm³/mol. The van der Waals surface area contributed by atoms with Crippen LogP contribution in [0, 0.1) is 0 Å². The molecule has 0 aliphatic carbocycles. The zero-order valence-electron chi connectivity index (χ0n) is 20.5. The molecule has 7 aromatic rings. The molecule has 0 unspecified atom stereocenters. The minimum atomic E-state index is 0.827. The van der Waals surface area contributed by atoms with Gasteiger partial charge in [0, 0.05) is 39.6 Å². The van der Waals surface area contributed by atoms with Gasteiger partial charge in [-0.3, -0.25) is 4.98 Å². The molecule has 0 aliphatic heterocycles. The minimum Gasteiger partial charge on any atom is -0.456 e. The standard InChI is InChI=1S/C34H23N3O/c1-2-11-23(12-3-1)27-18-10-19-29(36-27)24-13-4-7-16-28(24)37-30-17-8-5-14-25(30)34-33-26-15-6-9-20-31(26)38-32(33)21-22-35-34/h1-22,37H. The molecule has 4 nitrogen and oxygen atoms in total. The van der Waals surface area contributed by atoms with Crippen molar-refractivity contribution in [1.82, 2.24) is 9.97 Å².